The van der Waals surface area contributed by atoms with Crippen molar-refractivity contribution >= 4 is 16.6 Å². The monoisotopic (exact) mass is 522 g/mol. The predicted octanol–water partition coefficient (Wildman–Crippen LogP) is 6.15. The summed E-state index contributed by atoms with van der Waals surface area (Å²) in [5.41, 5.74) is 5.47. The first-order valence-corrected chi connectivity index (χ1v) is 12.2. The molecule has 0 amide bonds. The standard InChI is InChI=1S/C31H26N2O6/c1-38-29-15-22(27-16-32-28-14-24(18-35)23(17-34)13-26(28)30(27)33(36)37)12-25(31(29)39-2)21-10-6-9-20(11-21)19-7-4-3-5-8-19/h3-16,34-35H,17-18H2,1-2H3. The van der Waals surface area contributed by atoms with Gasteiger partial charge in [-0.3, -0.25) is 15.1 Å². The molecule has 5 aromatic rings. The van der Waals surface area contributed by atoms with Gasteiger partial charge in [-0.2, -0.15) is 0 Å². The van der Waals surface area contributed by atoms with E-state index in [4.69, 9.17) is 9.47 Å². The van der Waals surface area contributed by atoms with Crippen LogP contribution in [0.15, 0.2) is 85.1 Å². The number of hydrogen-bond donors (Lipinski definition) is 2. The summed E-state index contributed by atoms with van der Waals surface area (Å²) in [6.07, 6.45) is 1.45. The fraction of sp³-hybridized carbons (Fsp3) is 0.129. The van der Waals surface area contributed by atoms with E-state index in [2.05, 4.69) is 4.98 Å². The Morgan fingerprint density at radius 1 is 0.769 bits per heavy atom. The van der Waals surface area contributed by atoms with E-state index in [1.54, 1.807) is 19.2 Å². The van der Waals surface area contributed by atoms with Crippen LogP contribution in [0.4, 0.5) is 5.69 Å². The number of rotatable bonds is 8. The van der Waals surface area contributed by atoms with E-state index in [1.165, 1.54) is 19.4 Å². The Labute approximate surface area is 224 Å². The molecule has 8 heteroatoms. The summed E-state index contributed by atoms with van der Waals surface area (Å²) in [5.74, 6) is 0.911. The van der Waals surface area contributed by atoms with Crippen LogP contribution in [0.5, 0.6) is 11.5 Å². The Hall–Kier alpha value is -4.79. The van der Waals surface area contributed by atoms with E-state index in [-0.39, 0.29) is 29.9 Å². The summed E-state index contributed by atoms with van der Waals surface area (Å²) in [4.78, 5) is 16.4. The number of methoxy groups -OCH3 is 2. The molecule has 8 nitrogen and oxygen atoms in total. The molecule has 1 heterocycles. The van der Waals surface area contributed by atoms with E-state index < -0.39 is 4.92 Å². The summed E-state index contributed by atoms with van der Waals surface area (Å²) in [5, 5.41) is 32.1. The van der Waals surface area contributed by atoms with Gasteiger partial charge < -0.3 is 19.7 Å². The van der Waals surface area contributed by atoms with E-state index in [9.17, 15) is 20.3 Å². The maximum absolute atomic E-state index is 12.4. The summed E-state index contributed by atoms with van der Waals surface area (Å²) in [7, 11) is 3.07. The highest BCUT2D eigenvalue weighted by Gasteiger charge is 2.25. The SMILES string of the molecule is COc1cc(-c2cnc3cc(CO)c(CO)cc3c2[N+](=O)[O-])cc(-c2cccc(-c3ccccc3)c2)c1OC. The lowest BCUT2D eigenvalue weighted by atomic mass is 9.94. The number of ether oxygens (including phenoxy) is 2. The van der Waals surface area contributed by atoms with Gasteiger partial charge in [0, 0.05) is 11.8 Å². The van der Waals surface area contributed by atoms with Gasteiger partial charge in [-0.1, -0.05) is 48.5 Å². The second kappa shape index (κ2) is 10.9. The number of nitro groups is 1. The van der Waals surface area contributed by atoms with Crippen molar-refractivity contribution in [3.05, 3.63) is 106 Å². The third kappa shape index (κ3) is 4.79. The number of pyridine rings is 1. The Morgan fingerprint density at radius 3 is 2.13 bits per heavy atom. The molecule has 0 aliphatic rings. The van der Waals surface area contributed by atoms with Crippen molar-refractivity contribution in [1.29, 1.82) is 0 Å². The zero-order valence-electron chi connectivity index (χ0n) is 21.4. The van der Waals surface area contributed by atoms with Gasteiger partial charge in [0.1, 0.15) is 0 Å². The van der Waals surface area contributed by atoms with Crippen molar-refractivity contribution in [2.45, 2.75) is 13.2 Å². The largest absolute Gasteiger partial charge is 0.493 e. The van der Waals surface area contributed by atoms with Crippen molar-refractivity contribution < 1.29 is 24.6 Å². The molecule has 0 saturated heterocycles. The van der Waals surface area contributed by atoms with Crippen molar-refractivity contribution in [2.75, 3.05) is 14.2 Å². The molecule has 4 aromatic carbocycles. The van der Waals surface area contributed by atoms with Crippen LogP contribution in [0, 0.1) is 10.1 Å². The van der Waals surface area contributed by atoms with Gasteiger partial charge in [-0.25, -0.2) is 0 Å². The zero-order chi connectivity index (χ0) is 27.5. The Balaban J connectivity index is 1.76. The maximum atomic E-state index is 12.4. The van der Waals surface area contributed by atoms with Crippen LogP contribution in [0.1, 0.15) is 11.1 Å². The van der Waals surface area contributed by atoms with Crippen LogP contribution >= 0.6 is 0 Å². The quantitative estimate of drug-likeness (QED) is 0.186. The molecule has 0 aliphatic heterocycles. The normalized spacial score (nSPS) is 11.0. The number of hydrogen-bond acceptors (Lipinski definition) is 7. The Morgan fingerprint density at radius 2 is 1.46 bits per heavy atom. The predicted molar refractivity (Wildman–Crippen MR) is 150 cm³/mol. The molecular weight excluding hydrogens is 496 g/mol. The molecule has 0 unspecified atom stereocenters. The van der Waals surface area contributed by atoms with Gasteiger partial charge in [0.15, 0.2) is 11.5 Å². The van der Waals surface area contributed by atoms with Gasteiger partial charge in [-0.05, 0) is 63.7 Å². The van der Waals surface area contributed by atoms with Gasteiger partial charge in [0.05, 0.1) is 48.8 Å². The lowest BCUT2D eigenvalue weighted by molar-refractivity contribution is -0.382. The highest BCUT2D eigenvalue weighted by atomic mass is 16.6. The molecule has 1 aromatic heterocycles. The van der Waals surface area contributed by atoms with Crippen molar-refractivity contribution in [2.24, 2.45) is 0 Å². The van der Waals surface area contributed by atoms with E-state index in [1.807, 2.05) is 60.7 Å². The Bertz CT molecular complexity index is 1680. The molecule has 39 heavy (non-hydrogen) atoms. The first-order chi connectivity index (χ1) is 19.0. The van der Waals surface area contributed by atoms with E-state index in [0.29, 0.717) is 39.3 Å². The topological polar surface area (TPSA) is 115 Å². The number of benzene rings is 4. The molecule has 0 fully saturated rings. The number of aliphatic hydroxyl groups excluding tert-OH is 2. The van der Waals surface area contributed by atoms with Crippen molar-refractivity contribution in [1.82, 2.24) is 4.98 Å². The minimum atomic E-state index is -0.453. The number of aromatic nitrogens is 1. The lowest BCUT2D eigenvalue weighted by Crippen LogP contribution is -2.01. The molecule has 0 bridgehead atoms. The van der Waals surface area contributed by atoms with Crippen LogP contribution in [0.3, 0.4) is 0 Å². The second-order valence-electron chi connectivity index (χ2n) is 8.94. The third-order valence-electron chi connectivity index (χ3n) is 6.75. The van der Waals surface area contributed by atoms with Gasteiger partial charge >= 0.3 is 0 Å². The first kappa shape index (κ1) is 25.8. The highest BCUT2D eigenvalue weighted by molar-refractivity contribution is 5.97. The third-order valence-corrected chi connectivity index (χ3v) is 6.75. The van der Waals surface area contributed by atoms with Crippen molar-refractivity contribution in [3.63, 3.8) is 0 Å². The van der Waals surface area contributed by atoms with Gasteiger partial charge in [0.2, 0.25) is 0 Å². The van der Waals surface area contributed by atoms with Crippen LogP contribution in [0.25, 0.3) is 44.3 Å². The molecule has 196 valence electrons. The molecule has 5 rings (SSSR count). The summed E-state index contributed by atoms with van der Waals surface area (Å²) in [6, 6.07) is 24.5. The first-order valence-electron chi connectivity index (χ1n) is 12.2. The number of nitrogens with zero attached hydrogens (tertiary/aromatic N) is 2. The fourth-order valence-corrected chi connectivity index (χ4v) is 4.85. The van der Waals surface area contributed by atoms with Crippen LogP contribution in [0.2, 0.25) is 0 Å². The number of fused-ring (bicyclic) bond motifs is 1. The summed E-state index contributed by atoms with van der Waals surface area (Å²) >= 11 is 0. The summed E-state index contributed by atoms with van der Waals surface area (Å²) in [6.45, 7) is -0.685. The van der Waals surface area contributed by atoms with Crippen LogP contribution in [-0.4, -0.2) is 34.3 Å². The average molecular weight is 523 g/mol. The smallest absolute Gasteiger partial charge is 0.288 e. The van der Waals surface area contributed by atoms with E-state index in [0.717, 1.165) is 16.7 Å². The molecule has 2 N–H and O–H groups in total. The molecule has 0 radical (unpaired) electrons. The molecular formula is C31H26N2O6. The van der Waals surface area contributed by atoms with Crippen LogP contribution < -0.4 is 9.47 Å². The van der Waals surface area contributed by atoms with Crippen molar-refractivity contribution in [3.8, 4) is 44.9 Å². The average Bonchev–Trinajstić information content (AvgIpc) is 2.99. The lowest BCUT2D eigenvalue weighted by Gasteiger charge is -2.17. The minimum Gasteiger partial charge on any atom is -0.493 e. The van der Waals surface area contributed by atoms with Crippen LogP contribution in [-0.2, 0) is 13.2 Å². The van der Waals surface area contributed by atoms with E-state index >= 15 is 0 Å². The molecule has 0 atom stereocenters. The van der Waals surface area contributed by atoms with Gasteiger partial charge in [0.25, 0.3) is 5.69 Å². The highest BCUT2D eigenvalue weighted by Crippen LogP contribution is 2.45. The number of aliphatic hydroxyl groups is 2. The molecule has 0 saturated carbocycles. The molecule has 0 aliphatic carbocycles. The van der Waals surface area contributed by atoms with Gasteiger partial charge in [-0.15, -0.1) is 0 Å². The fourth-order valence-electron chi connectivity index (χ4n) is 4.85. The molecule has 0 spiro atoms. The minimum absolute atomic E-state index is 0.157. The second-order valence-corrected chi connectivity index (χ2v) is 8.94. The zero-order valence-corrected chi connectivity index (χ0v) is 21.4. The Kier molecular flexibility index (Phi) is 7.23. The summed E-state index contributed by atoms with van der Waals surface area (Å²) < 4.78 is 11.4. The maximum Gasteiger partial charge on any atom is 0.288 e.